The first kappa shape index (κ1) is 15.8. The van der Waals surface area contributed by atoms with Gasteiger partial charge in [0.15, 0.2) is 0 Å². The number of nitrogens with two attached hydrogens (primary N) is 1. The first-order valence-electron chi connectivity index (χ1n) is 8.60. The molecular formula is C20H22N4O. The average molecular weight is 334 g/mol. The largest absolute Gasteiger partial charge is 0.340 e. The zero-order valence-electron chi connectivity index (χ0n) is 14.3. The van der Waals surface area contributed by atoms with E-state index in [1.165, 1.54) is 5.39 Å². The Bertz CT molecular complexity index is 911. The molecule has 128 valence electrons. The number of likely N-dealkylation sites (tertiary alicyclic amines) is 1. The maximum Gasteiger partial charge on any atom is 0.227 e. The minimum atomic E-state index is -0.0410. The number of nitrogens with zero attached hydrogens (tertiary/aromatic N) is 3. The predicted molar refractivity (Wildman–Crippen MR) is 98.2 cm³/mol. The molecule has 1 fully saturated rings. The highest BCUT2D eigenvalue weighted by molar-refractivity contribution is 5.90. The van der Waals surface area contributed by atoms with Crippen molar-refractivity contribution in [1.82, 2.24) is 14.7 Å². The van der Waals surface area contributed by atoms with Crippen molar-refractivity contribution in [3.8, 4) is 0 Å². The summed E-state index contributed by atoms with van der Waals surface area (Å²) in [6.07, 6.45) is 4.25. The Hall–Kier alpha value is -2.66. The summed E-state index contributed by atoms with van der Waals surface area (Å²) in [7, 11) is 1.90. The maximum atomic E-state index is 12.8. The van der Waals surface area contributed by atoms with E-state index in [1.807, 2.05) is 48.6 Å². The Balaban J connectivity index is 1.52. The summed E-state index contributed by atoms with van der Waals surface area (Å²) >= 11 is 0. The molecular weight excluding hydrogens is 312 g/mol. The number of rotatable bonds is 3. The van der Waals surface area contributed by atoms with Crippen LogP contribution in [0.4, 0.5) is 0 Å². The number of benzene rings is 2. The van der Waals surface area contributed by atoms with E-state index in [0.29, 0.717) is 19.5 Å². The van der Waals surface area contributed by atoms with Gasteiger partial charge in [-0.05, 0) is 21.9 Å². The third kappa shape index (κ3) is 3.03. The lowest BCUT2D eigenvalue weighted by Gasteiger charge is -2.17. The van der Waals surface area contributed by atoms with Gasteiger partial charge >= 0.3 is 0 Å². The van der Waals surface area contributed by atoms with E-state index in [2.05, 4.69) is 23.3 Å². The molecule has 3 aromatic rings. The van der Waals surface area contributed by atoms with Crippen LogP contribution in [0.25, 0.3) is 10.8 Å². The molecule has 4 rings (SSSR count). The Morgan fingerprint density at radius 2 is 2.00 bits per heavy atom. The van der Waals surface area contributed by atoms with Crippen LogP contribution in [0.3, 0.4) is 0 Å². The van der Waals surface area contributed by atoms with Crippen molar-refractivity contribution < 1.29 is 4.79 Å². The number of aryl methyl sites for hydroxylation is 1. The molecule has 2 heterocycles. The fourth-order valence-corrected chi connectivity index (χ4v) is 3.74. The van der Waals surface area contributed by atoms with Gasteiger partial charge in [-0.1, -0.05) is 42.5 Å². The highest BCUT2D eigenvalue weighted by atomic mass is 16.2. The quantitative estimate of drug-likeness (QED) is 0.797. The minimum absolute atomic E-state index is 0.0410. The van der Waals surface area contributed by atoms with Gasteiger partial charge < -0.3 is 10.6 Å². The molecule has 5 nitrogen and oxygen atoms in total. The summed E-state index contributed by atoms with van der Waals surface area (Å²) in [4.78, 5) is 14.7. The Morgan fingerprint density at radius 1 is 1.20 bits per heavy atom. The number of hydrogen-bond acceptors (Lipinski definition) is 3. The van der Waals surface area contributed by atoms with Gasteiger partial charge in [-0.25, -0.2) is 0 Å². The van der Waals surface area contributed by atoms with Crippen molar-refractivity contribution >= 4 is 16.7 Å². The molecule has 2 N–H and O–H groups in total. The number of fused-ring (bicyclic) bond motifs is 1. The van der Waals surface area contributed by atoms with Gasteiger partial charge in [0.05, 0.1) is 12.6 Å². The summed E-state index contributed by atoms with van der Waals surface area (Å²) in [6, 6.07) is 14.3. The number of aromatic nitrogens is 2. The first-order valence-corrected chi connectivity index (χ1v) is 8.60. The molecule has 0 radical (unpaired) electrons. The molecule has 0 spiro atoms. The van der Waals surface area contributed by atoms with Crippen LogP contribution in [0.2, 0.25) is 0 Å². The molecule has 5 heteroatoms. The van der Waals surface area contributed by atoms with Crippen LogP contribution < -0.4 is 5.73 Å². The van der Waals surface area contributed by atoms with Crippen LogP contribution in [0.15, 0.2) is 54.9 Å². The Labute approximate surface area is 147 Å². The molecule has 2 aromatic carbocycles. The van der Waals surface area contributed by atoms with E-state index in [4.69, 9.17) is 5.73 Å². The zero-order chi connectivity index (χ0) is 17.4. The normalized spacial score (nSPS) is 20.3. The van der Waals surface area contributed by atoms with Gasteiger partial charge in [-0.3, -0.25) is 9.48 Å². The fraction of sp³-hybridized carbons (Fsp3) is 0.300. The van der Waals surface area contributed by atoms with Crippen molar-refractivity contribution in [2.75, 3.05) is 13.1 Å². The molecule has 1 aromatic heterocycles. The molecule has 1 amide bonds. The number of amides is 1. The highest BCUT2D eigenvalue weighted by Gasteiger charge is 2.34. The van der Waals surface area contributed by atoms with E-state index in [1.54, 1.807) is 4.68 Å². The smallest absolute Gasteiger partial charge is 0.227 e. The maximum absolute atomic E-state index is 12.8. The highest BCUT2D eigenvalue weighted by Crippen LogP contribution is 2.27. The second-order valence-electron chi connectivity index (χ2n) is 6.83. The van der Waals surface area contributed by atoms with Crippen LogP contribution in [0.5, 0.6) is 0 Å². The van der Waals surface area contributed by atoms with E-state index in [0.717, 1.165) is 16.5 Å². The summed E-state index contributed by atoms with van der Waals surface area (Å²) in [5, 5.41) is 6.54. The van der Waals surface area contributed by atoms with Crippen LogP contribution in [0.1, 0.15) is 17.0 Å². The molecule has 0 bridgehead atoms. The van der Waals surface area contributed by atoms with E-state index in [9.17, 15) is 4.79 Å². The SMILES string of the molecule is Cn1cc([C@@H]2CN(C(=O)Cc3cccc4ccccc34)C[C@H]2N)cn1. The van der Waals surface area contributed by atoms with Crippen LogP contribution in [-0.2, 0) is 18.3 Å². The second-order valence-corrected chi connectivity index (χ2v) is 6.83. The summed E-state index contributed by atoms with van der Waals surface area (Å²) in [5.74, 6) is 0.295. The van der Waals surface area contributed by atoms with Gasteiger partial charge in [-0.15, -0.1) is 0 Å². The van der Waals surface area contributed by atoms with Crippen molar-refractivity contribution in [1.29, 1.82) is 0 Å². The molecule has 1 saturated heterocycles. The van der Waals surface area contributed by atoms with E-state index in [-0.39, 0.29) is 17.9 Å². The first-order chi connectivity index (χ1) is 12.1. The number of carbonyl (C=O) groups is 1. The molecule has 0 unspecified atom stereocenters. The topological polar surface area (TPSA) is 64.2 Å². The fourth-order valence-electron chi connectivity index (χ4n) is 3.74. The third-order valence-electron chi connectivity index (χ3n) is 5.09. The second kappa shape index (κ2) is 6.33. The third-order valence-corrected chi connectivity index (χ3v) is 5.09. The number of carbonyl (C=O) groups excluding carboxylic acids is 1. The standard InChI is InChI=1S/C20H22N4O/c1-23-11-16(10-22-23)18-12-24(13-19(18)21)20(25)9-15-7-4-6-14-5-2-3-8-17(14)15/h2-8,10-11,18-19H,9,12-13,21H2,1H3/t18-,19+/m0/s1. The van der Waals surface area contributed by atoms with Crippen molar-refractivity contribution in [2.45, 2.75) is 18.4 Å². The molecule has 1 aliphatic rings. The van der Waals surface area contributed by atoms with E-state index < -0.39 is 0 Å². The van der Waals surface area contributed by atoms with Crippen molar-refractivity contribution in [3.05, 3.63) is 66.0 Å². The van der Waals surface area contributed by atoms with Gasteiger partial charge in [0, 0.05) is 38.3 Å². The van der Waals surface area contributed by atoms with Gasteiger partial charge in [0.25, 0.3) is 0 Å². The summed E-state index contributed by atoms with van der Waals surface area (Å²) < 4.78 is 1.78. The zero-order valence-corrected chi connectivity index (χ0v) is 14.3. The lowest BCUT2D eigenvalue weighted by Crippen LogP contribution is -2.33. The predicted octanol–water partition coefficient (Wildman–Crippen LogP) is 2.07. The van der Waals surface area contributed by atoms with Crippen molar-refractivity contribution in [3.63, 3.8) is 0 Å². The van der Waals surface area contributed by atoms with Crippen LogP contribution in [-0.4, -0.2) is 39.7 Å². The molecule has 25 heavy (non-hydrogen) atoms. The number of hydrogen-bond donors (Lipinski definition) is 1. The molecule has 0 aliphatic carbocycles. The monoisotopic (exact) mass is 334 g/mol. The van der Waals surface area contributed by atoms with Gasteiger partial charge in [0.1, 0.15) is 0 Å². The van der Waals surface area contributed by atoms with Gasteiger partial charge in [0.2, 0.25) is 5.91 Å². The Kier molecular flexibility index (Phi) is 4.01. The van der Waals surface area contributed by atoms with Crippen LogP contribution >= 0.6 is 0 Å². The van der Waals surface area contributed by atoms with Crippen LogP contribution in [0, 0.1) is 0 Å². The summed E-state index contributed by atoms with van der Waals surface area (Å²) in [5.41, 5.74) is 8.48. The Morgan fingerprint density at radius 3 is 2.80 bits per heavy atom. The van der Waals surface area contributed by atoms with Crippen molar-refractivity contribution in [2.24, 2.45) is 12.8 Å². The van der Waals surface area contributed by atoms with Gasteiger partial charge in [-0.2, -0.15) is 5.10 Å². The average Bonchev–Trinajstić information content (AvgIpc) is 3.21. The van der Waals surface area contributed by atoms with E-state index >= 15 is 0 Å². The molecule has 1 aliphatic heterocycles. The summed E-state index contributed by atoms with van der Waals surface area (Å²) in [6.45, 7) is 1.26. The lowest BCUT2D eigenvalue weighted by molar-refractivity contribution is -0.129. The molecule has 2 atom stereocenters. The molecule has 0 saturated carbocycles. The minimum Gasteiger partial charge on any atom is -0.340 e. The lowest BCUT2D eigenvalue weighted by atomic mass is 9.98.